The summed E-state index contributed by atoms with van der Waals surface area (Å²) in [6, 6.07) is 1.80. The minimum absolute atomic E-state index is 0.138. The highest BCUT2D eigenvalue weighted by atomic mass is 32.2. The van der Waals surface area contributed by atoms with Gasteiger partial charge in [-0.25, -0.2) is 13.2 Å². The van der Waals surface area contributed by atoms with Crippen molar-refractivity contribution in [3.8, 4) is 0 Å². The number of benzene rings is 1. The van der Waals surface area contributed by atoms with Gasteiger partial charge in [0.15, 0.2) is 9.84 Å². The minimum Gasteiger partial charge on any atom is -0.465 e. The van der Waals surface area contributed by atoms with Crippen LogP contribution in [0.25, 0.3) is 0 Å². The molecule has 0 atom stereocenters. The predicted octanol–water partition coefficient (Wildman–Crippen LogP) is 3.39. The van der Waals surface area contributed by atoms with Crippen molar-refractivity contribution < 1.29 is 40.7 Å². The van der Waals surface area contributed by atoms with Gasteiger partial charge in [-0.15, -0.1) is 0 Å². The van der Waals surface area contributed by atoms with Crippen molar-refractivity contribution >= 4 is 21.8 Å². The van der Waals surface area contributed by atoms with E-state index in [9.17, 15) is 31.2 Å². The number of halogens is 3. The zero-order valence-corrected chi connectivity index (χ0v) is 16.2. The van der Waals surface area contributed by atoms with Crippen LogP contribution in [0, 0.1) is 0 Å². The number of ether oxygens (including phenoxy) is 2. The number of carbonyl (C=O) groups excluding carboxylic acids is 2. The molecule has 1 aromatic carbocycles. The first-order valence-electron chi connectivity index (χ1n) is 7.91. The zero-order chi connectivity index (χ0) is 21.0. The molecule has 0 amide bonds. The van der Waals surface area contributed by atoms with Crippen LogP contribution in [0.5, 0.6) is 0 Å². The SMILES string of the molecule is COC(=O)c1cc(C(F)(F)F)cc(S(=O)(=O)CCCC(=O)OC(C)(C)C)c1. The lowest BCUT2D eigenvalue weighted by atomic mass is 10.1. The fourth-order valence-electron chi connectivity index (χ4n) is 2.09. The third kappa shape index (κ3) is 7.20. The summed E-state index contributed by atoms with van der Waals surface area (Å²) in [7, 11) is -3.19. The normalized spacial score (nSPS) is 12.6. The lowest BCUT2D eigenvalue weighted by Crippen LogP contribution is -2.24. The van der Waals surface area contributed by atoms with E-state index < -0.39 is 55.3 Å². The van der Waals surface area contributed by atoms with E-state index in [0.29, 0.717) is 12.1 Å². The highest BCUT2D eigenvalue weighted by Gasteiger charge is 2.33. The zero-order valence-electron chi connectivity index (χ0n) is 15.3. The molecule has 0 aliphatic heterocycles. The molecule has 0 N–H and O–H groups in total. The number of hydrogen-bond donors (Lipinski definition) is 0. The van der Waals surface area contributed by atoms with Gasteiger partial charge >= 0.3 is 18.1 Å². The van der Waals surface area contributed by atoms with Crippen LogP contribution in [0.3, 0.4) is 0 Å². The van der Waals surface area contributed by atoms with Gasteiger partial charge in [-0.2, -0.15) is 13.2 Å². The quantitative estimate of drug-likeness (QED) is 0.668. The average Bonchev–Trinajstić information content (AvgIpc) is 2.50. The number of rotatable bonds is 6. The summed E-state index contributed by atoms with van der Waals surface area (Å²) in [5.41, 5.74) is -2.54. The lowest BCUT2D eigenvalue weighted by molar-refractivity contribution is -0.154. The maximum Gasteiger partial charge on any atom is 0.416 e. The molecule has 0 aliphatic carbocycles. The molecule has 0 heterocycles. The molecule has 0 radical (unpaired) electrons. The smallest absolute Gasteiger partial charge is 0.416 e. The van der Waals surface area contributed by atoms with E-state index in [4.69, 9.17) is 4.74 Å². The van der Waals surface area contributed by atoms with Gasteiger partial charge in [0.1, 0.15) is 5.60 Å². The van der Waals surface area contributed by atoms with Crippen LogP contribution in [0.1, 0.15) is 49.5 Å². The summed E-state index contributed by atoms with van der Waals surface area (Å²) in [6.45, 7) is 4.95. The minimum atomic E-state index is -4.84. The van der Waals surface area contributed by atoms with E-state index in [0.717, 1.165) is 13.2 Å². The van der Waals surface area contributed by atoms with Gasteiger partial charge in [0.05, 0.1) is 28.9 Å². The molecule has 0 spiro atoms. The van der Waals surface area contributed by atoms with Gasteiger partial charge in [-0.3, -0.25) is 4.79 Å². The van der Waals surface area contributed by atoms with E-state index in [1.165, 1.54) is 0 Å². The lowest BCUT2D eigenvalue weighted by Gasteiger charge is -2.19. The molecule has 0 aromatic heterocycles. The Morgan fingerprint density at radius 2 is 1.67 bits per heavy atom. The van der Waals surface area contributed by atoms with Crippen molar-refractivity contribution in [2.75, 3.05) is 12.9 Å². The Morgan fingerprint density at radius 1 is 1.07 bits per heavy atom. The van der Waals surface area contributed by atoms with E-state index >= 15 is 0 Å². The summed E-state index contributed by atoms with van der Waals surface area (Å²) in [5, 5.41) is 0. The number of methoxy groups -OCH3 is 1. The fraction of sp³-hybridized carbons (Fsp3) is 0.529. The molecular weight excluding hydrogens is 389 g/mol. The molecule has 152 valence electrons. The van der Waals surface area contributed by atoms with Gasteiger partial charge in [0, 0.05) is 6.42 Å². The molecule has 0 bridgehead atoms. The van der Waals surface area contributed by atoms with Crippen molar-refractivity contribution in [2.24, 2.45) is 0 Å². The van der Waals surface area contributed by atoms with E-state index in [1.807, 2.05) is 0 Å². The average molecular weight is 410 g/mol. The van der Waals surface area contributed by atoms with Gasteiger partial charge < -0.3 is 9.47 Å². The summed E-state index contributed by atoms with van der Waals surface area (Å²) in [4.78, 5) is 22.5. The highest BCUT2D eigenvalue weighted by molar-refractivity contribution is 7.91. The van der Waals surface area contributed by atoms with Crippen LogP contribution >= 0.6 is 0 Å². The standard InChI is InChI=1S/C17H21F3O6S/c1-16(2,3)26-14(21)6-5-7-27(23,24)13-9-11(15(22)25-4)8-12(10-13)17(18,19)20/h8-10H,5-7H2,1-4H3. The van der Waals surface area contributed by atoms with Crippen LogP contribution in [-0.2, 0) is 30.3 Å². The van der Waals surface area contributed by atoms with Crippen molar-refractivity contribution in [1.82, 2.24) is 0 Å². The maximum atomic E-state index is 13.0. The predicted molar refractivity (Wildman–Crippen MR) is 89.9 cm³/mol. The number of sulfone groups is 1. The number of carbonyl (C=O) groups is 2. The largest absolute Gasteiger partial charge is 0.465 e. The molecule has 0 fully saturated rings. The molecule has 10 heteroatoms. The Morgan fingerprint density at radius 3 is 2.15 bits per heavy atom. The summed E-state index contributed by atoms with van der Waals surface area (Å²) >= 11 is 0. The van der Waals surface area contributed by atoms with E-state index in [-0.39, 0.29) is 12.8 Å². The number of hydrogen-bond acceptors (Lipinski definition) is 6. The van der Waals surface area contributed by atoms with Crippen LogP contribution in [0.4, 0.5) is 13.2 Å². The monoisotopic (exact) mass is 410 g/mol. The third-order valence-electron chi connectivity index (χ3n) is 3.23. The van der Waals surface area contributed by atoms with Crippen LogP contribution in [0.2, 0.25) is 0 Å². The Balaban J connectivity index is 3.05. The van der Waals surface area contributed by atoms with Gasteiger partial charge in [0.2, 0.25) is 0 Å². The van der Waals surface area contributed by atoms with Crippen molar-refractivity contribution in [3.63, 3.8) is 0 Å². The Hall–Kier alpha value is -2.10. The second-order valence-electron chi connectivity index (χ2n) is 6.74. The van der Waals surface area contributed by atoms with Gasteiger partial charge in [-0.05, 0) is 45.4 Å². The number of alkyl halides is 3. The molecule has 1 aromatic rings. The fourth-order valence-corrected chi connectivity index (χ4v) is 3.47. The van der Waals surface area contributed by atoms with Gasteiger partial charge in [0.25, 0.3) is 0 Å². The Bertz CT molecular complexity index is 807. The molecule has 0 aliphatic rings. The molecular formula is C17H21F3O6S. The van der Waals surface area contributed by atoms with Crippen LogP contribution < -0.4 is 0 Å². The van der Waals surface area contributed by atoms with Crippen LogP contribution in [-0.4, -0.2) is 38.8 Å². The summed E-state index contributed by atoms with van der Waals surface area (Å²) in [5.74, 6) is -2.28. The highest BCUT2D eigenvalue weighted by Crippen LogP contribution is 2.32. The molecule has 0 saturated heterocycles. The Kier molecular flexibility index (Phi) is 7.04. The second kappa shape index (κ2) is 8.28. The van der Waals surface area contributed by atoms with E-state index in [2.05, 4.69) is 4.74 Å². The molecule has 27 heavy (non-hydrogen) atoms. The molecule has 0 unspecified atom stereocenters. The van der Waals surface area contributed by atoms with Crippen molar-refractivity contribution in [1.29, 1.82) is 0 Å². The summed E-state index contributed by atoms with van der Waals surface area (Å²) in [6.07, 6.45) is -5.19. The Labute approximate surface area is 155 Å². The maximum absolute atomic E-state index is 13.0. The molecule has 0 saturated carbocycles. The van der Waals surface area contributed by atoms with Crippen LogP contribution in [0.15, 0.2) is 23.1 Å². The topological polar surface area (TPSA) is 86.7 Å². The van der Waals surface area contributed by atoms with E-state index in [1.54, 1.807) is 20.8 Å². The first-order chi connectivity index (χ1) is 12.2. The second-order valence-corrected chi connectivity index (χ2v) is 8.85. The molecule has 1 rings (SSSR count). The first kappa shape index (κ1) is 22.9. The van der Waals surface area contributed by atoms with Gasteiger partial charge in [-0.1, -0.05) is 0 Å². The third-order valence-corrected chi connectivity index (χ3v) is 5.01. The summed E-state index contributed by atoms with van der Waals surface area (Å²) < 4.78 is 73.2. The molecule has 6 nitrogen and oxygen atoms in total. The van der Waals surface area contributed by atoms with Crippen molar-refractivity contribution in [3.05, 3.63) is 29.3 Å². The number of esters is 2. The first-order valence-corrected chi connectivity index (χ1v) is 9.56. The van der Waals surface area contributed by atoms with Crippen molar-refractivity contribution in [2.45, 2.75) is 50.3 Å².